The van der Waals surface area contributed by atoms with Gasteiger partial charge in [0.2, 0.25) is 0 Å². The minimum atomic E-state index is 0.543. The van der Waals surface area contributed by atoms with E-state index in [9.17, 15) is 0 Å². The van der Waals surface area contributed by atoms with Gasteiger partial charge in [-0.25, -0.2) is 0 Å². The summed E-state index contributed by atoms with van der Waals surface area (Å²) < 4.78 is 0. The van der Waals surface area contributed by atoms with E-state index < -0.39 is 0 Å². The molecule has 2 rings (SSSR count). The smallest absolute Gasteiger partial charge is 0.0621 e. The minimum Gasteiger partial charge on any atom is -0.314 e. The Morgan fingerprint density at radius 2 is 2.15 bits per heavy atom. The van der Waals surface area contributed by atoms with Gasteiger partial charge in [0.1, 0.15) is 0 Å². The molecule has 1 N–H and O–H groups in total. The number of halogens is 1. The molecule has 0 bridgehead atoms. The normalized spacial score (nSPS) is 18.1. The number of hydrogen-bond donors (Lipinski definition) is 1. The Morgan fingerprint density at radius 3 is 2.85 bits per heavy atom. The van der Waals surface area contributed by atoms with Crippen LogP contribution in [0.1, 0.15) is 57.4 Å². The summed E-state index contributed by atoms with van der Waals surface area (Å²) in [5, 5.41) is 4.42. The molecule has 0 spiro atoms. The van der Waals surface area contributed by atoms with Gasteiger partial charge in [0.25, 0.3) is 0 Å². The second kappa shape index (κ2) is 8.63. The minimum absolute atomic E-state index is 0.543. The van der Waals surface area contributed by atoms with Gasteiger partial charge in [-0.2, -0.15) is 0 Å². The van der Waals surface area contributed by atoms with Crippen LogP contribution in [0.25, 0.3) is 0 Å². The van der Waals surface area contributed by atoms with Crippen LogP contribution in [-0.2, 0) is 6.42 Å². The third-order valence-electron chi connectivity index (χ3n) is 4.46. The first-order chi connectivity index (χ1) is 9.79. The highest BCUT2D eigenvalue weighted by Gasteiger charge is 2.16. The molecule has 112 valence electrons. The zero-order valence-electron chi connectivity index (χ0n) is 12.6. The summed E-state index contributed by atoms with van der Waals surface area (Å²) in [5.74, 6) is 0.956. The van der Waals surface area contributed by atoms with E-state index in [1.807, 2.05) is 12.3 Å². The Kier molecular flexibility index (Phi) is 6.81. The number of rotatable bonds is 7. The van der Waals surface area contributed by atoms with Crippen molar-refractivity contribution in [1.82, 2.24) is 10.3 Å². The molecular weight excluding hydrogens is 268 g/mol. The molecular formula is C17H27ClN2. The maximum Gasteiger partial charge on any atom is 0.0621 e. The van der Waals surface area contributed by atoms with Crippen LogP contribution >= 0.6 is 11.6 Å². The molecule has 1 atom stereocenters. The largest absolute Gasteiger partial charge is 0.314 e. The van der Waals surface area contributed by atoms with Crippen molar-refractivity contribution in [3.05, 3.63) is 29.0 Å². The van der Waals surface area contributed by atoms with Crippen molar-refractivity contribution in [2.45, 2.75) is 64.3 Å². The molecule has 1 aliphatic rings. The topological polar surface area (TPSA) is 24.9 Å². The monoisotopic (exact) mass is 294 g/mol. The van der Waals surface area contributed by atoms with Crippen molar-refractivity contribution < 1.29 is 0 Å². The van der Waals surface area contributed by atoms with E-state index in [4.69, 9.17) is 11.6 Å². The summed E-state index contributed by atoms with van der Waals surface area (Å²) in [6, 6.07) is 2.59. The summed E-state index contributed by atoms with van der Waals surface area (Å²) in [5.41, 5.74) is 1.22. The second-order valence-electron chi connectivity index (χ2n) is 6.01. The zero-order chi connectivity index (χ0) is 14.2. The van der Waals surface area contributed by atoms with Crippen LogP contribution < -0.4 is 5.32 Å². The molecule has 20 heavy (non-hydrogen) atoms. The van der Waals surface area contributed by atoms with Gasteiger partial charge in [-0.3, -0.25) is 4.98 Å². The second-order valence-corrected chi connectivity index (χ2v) is 6.41. The molecule has 3 heteroatoms. The zero-order valence-corrected chi connectivity index (χ0v) is 13.3. The molecule has 1 aromatic heterocycles. The number of nitrogens with zero attached hydrogens (tertiary/aromatic N) is 1. The Labute approximate surface area is 128 Å². The van der Waals surface area contributed by atoms with Crippen molar-refractivity contribution in [1.29, 1.82) is 0 Å². The standard InChI is InChI=1S/C17H27ClN2/c1-2-20-16(9-8-14-6-4-3-5-7-14)12-15-10-11-19-13-17(15)18/h10-11,13-14,16,20H,2-9,12H2,1H3. The number of nitrogens with one attached hydrogen (secondary N) is 1. The van der Waals surface area contributed by atoms with E-state index in [1.54, 1.807) is 6.20 Å². The van der Waals surface area contributed by atoms with Crippen LogP contribution in [0.2, 0.25) is 5.02 Å². The van der Waals surface area contributed by atoms with Crippen LogP contribution in [0.4, 0.5) is 0 Å². The lowest BCUT2D eigenvalue weighted by atomic mass is 9.84. The van der Waals surface area contributed by atoms with Gasteiger partial charge < -0.3 is 5.32 Å². The van der Waals surface area contributed by atoms with E-state index in [-0.39, 0.29) is 0 Å². The molecule has 1 saturated carbocycles. The number of likely N-dealkylation sites (N-methyl/N-ethyl adjacent to an activating group) is 1. The molecule has 1 unspecified atom stereocenters. The fourth-order valence-electron chi connectivity index (χ4n) is 3.31. The molecule has 0 saturated heterocycles. The van der Waals surface area contributed by atoms with Crippen LogP contribution in [0, 0.1) is 5.92 Å². The Bertz CT molecular complexity index is 388. The third-order valence-corrected chi connectivity index (χ3v) is 4.80. The maximum atomic E-state index is 6.23. The fraction of sp³-hybridized carbons (Fsp3) is 0.706. The summed E-state index contributed by atoms with van der Waals surface area (Å²) in [6.07, 6.45) is 14.4. The quantitative estimate of drug-likeness (QED) is 0.794. The first-order valence-electron chi connectivity index (χ1n) is 8.11. The first kappa shape index (κ1) is 15.8. The van der Waals surface area contributed by atoms with Crippen molar-refractivity contribution in [3.63, 3.8) is 0 Å². The molecule has 2 nitrogen and oxygen atoms in total. The van der Waals surface area contributed by atoms with Crippen LogP contribution in [0.15, 0.2) is 18.5 Å². The Morgan fingerprint density at radius 1 is 1.35 bits per heavy atom. The lowest BCUT2D eigenvalue weighted by molar-refractivity contribution is 0.313. The van der Waals surface area contributed by atoms with Gasteiger partial charge in [0.05, 0.1) is 5.02 Å². The number of hydrogen-bond acceptors (Lipinski definition) is 2. The van der Waals surface area contributed by atoms with Crippen molar-refractivity contribution in [2.75, 3.05) is 6.54 Å². The Hall–Kier alpha value is -0.600. The number of pyridine rings is 1. The SMILES string of the molecule is CCNC(CCC1CCCCC1)Cc1ccncc1Cl. The predicted octanol–water partition coefficient (Wildman–Crippen LogP) is 4.62. The molecule has 1 fully saturated rings. The van der Waals surface area contributed by atoms with Crippen molar-refractivity contribution in [2.24, 2.45) is 5.92 Å². The molecule has 0 amide bonds. The lowest BCUT2D eigenvalue weighted by Crippen LogP contribution is -2.31. The molecule has 1 aliphatic carbocycles. The molecule has 0 radical (unpaired) electrons. The highest BCUT2D eigenvalue weighted by molar-refractivity contribution is 6.31. The van der Waals surface area contributed by atoms with Gasteiger partial charge in [0.15, 0.2) is 0 Å². The predicted molar refractivity (Wildman–Crippen MR) is 86.2 cm³/mol. The van der Waals surface area contributed by atoms with Crippen LogP contribution in [0.3, 0.4) is 0 Å². The van der Waals surface area contributed by atoms with Crippen LogP contribution in [-0.4, -0.2) is 17.6 Å². The van der Waals surface area contributed by atoms with Gasteiger partial charge >= 0.3 is 0 Å². The van der Waals surface area contributed by atoms with E-state index in [0.29, 0.717) is 6.04 Å². The fourth-order valence-corrected chi connectivity index (χ4v) is 3.51. The van der Waals surface area contributed by atoms with E-state index in [2.05, 4.69) is 17.2 Å². The van der Waals surface area contributed by atoms with Gasteiger partial charge in [-0.05, 0) is 43.4 Å². The Balaban J connectivity index is 1.84. The van der Waals surface area contributed by atoms with Gasteiger partial charge in [0, 0.05) is 18.4 Å². The average molecular weight is 295 g/mol. The third kappa shape index (κ3) is 5.06. The van der Waals surface area contributed by atoms with Crippen molar-refractivity contribution in [3.8, 4) is 0 Å². The summed E-state index contributed by atoms with van der Waals surface area (Å²) >= 11 is 6.23. The molecule has 0 aliphatic heterocycles. The highest BCUT2D eigenvalue weighted by Crippen LogP contribution is 2.28. The lowest BCUT2D eigenvalue weighted by Gasteiger charge is -2.25. The molecule has 1 heterocycles. The van der Waals surface area contributed by atoms with Gasteiger partial charge in [-0.1, -0.05) is 50.6 Å². The van der Waals surface area contributed by atoms with E-state index >= 15 is 0 Å². The highest BCUT2D eigenvalue weighted by atomic mass is 35.5. The molecule has 1 aromatic rings. The summed E-state index contributed by atoms with van der Waals surface area (Å²) in [7, 11) is 0. The van der Waals surface area contributed by atoms with Crippen molar-refractivity contribution >= 4 is 11.6 Å². The number of aromatic nitrogens is 1. The first-order valence-corrected chi connectivity index (χ1v) is 8.49. The van der Waals surface area contributed by atoms with Crippen LogP contribution in [0.5, 0.6) is 0 Å². The summed E-state index contributed by atoms with van der Waals surface area (Å²) in [4.78, 5) is 4.07. The maximum absolute atomic E-state index is 6.23. The average Bonchev–Trinajstić information content (AvgIpc) is 2.48. The van der Waals surface area contributed by atoms with E-state index in [0.717, 1.165) is 23.9 Å². The molecule has 0 aromatic carbocycles. The van der Waals surface area contributed by atoms with E-state index in [1.165, 1.54) is 50.5 Å². The summed E-state index contributed by atoms with van der Waals surface area (Å²) in [6.45, 7) is 3.21. The van der Waals surface area contributed by atoms with Gasteiger partial charge in [-0.15, -0.1) is 0 Å².